The van der Waals surface area contributed by atoms with Gasteiger partial charge in [-0.1, -0.05) is 55.4 Å². The lowest BCUT2D eigenvalue weighted by Crippen LogP contribution is -2.29. The average Bonchev–Trinajstić information content (AvgIpc) is 3.24. The van der Waals surface area contributed by atoms with Crippen LogP contribution in [0.25, 0.3) is 0 Å². The molecule has 0 amide bonds. The number of esters is 1. The van der Waals surface area contributed by atoms with Gasteiger partial charge in [0.15, 0.2) is 0 Å². The van der Waals surface area contributed by atoms with Crippen molar-refractivity contribution in [2.24, 2.45) is 0 Å². The lowest BCUT2D eigenvalue weighted by molar-refractivity contribution is -0.139. The zero-order valence-corrected chi connectivity index (χ0v) is 21.3. The fourth-order valence-electron chi connectivity index (χ4n) is 3.74. The third-order valence-corrected chi connectivity index (χ3v) is 6.48. The fraction of sp³-hybridized carbons (Fsp3) is 0.320. The largest absolute Gasteiger partial charge is 0.489 e. The minimum atomic E-state index is -0.524. The summed E-state index contributed by atoms with van der Waals surface area (Å²) in [5, 5.41) is 8.76. The maximum atomic E-state index is 14.1. The number of nitrogens with one attached hydrogen (secondary N) is 1. The van der Waals surface area contributed by atoms with Crippen molar-refractivity contribution in [2.45, 2.75) is 45.0 Å². The molecule has 184 valence electrons. The van der Waals surface area contributed by atoms with Crippen molar-refractivity contribution < 1.29 is 18.7 Å². The second-order valence-corrected chi connectivity index (χ2v) is 9.49. The van der Waals surface area contributed by atoms with Crippen LogP contribution in [0.5, 0.6) is 5.75 Å². The summed E-state index contributed by atoms with van der Waals surface area (Å²) >= 11 is 7.62. The van der Waals surface area contributed by atoms with Crippen LogP contribution in [0.1, 0.15) is 44.4 Å². The van der Waals surface area contributed by atoms with Gasteiger partial charge >= 0.3 is 5.97 Å². The van der Waals surface area contributed by atoms with E-state index < -0.39 is 17.8 Å². The summed E-state index contributed by atoms with van der Waals surface area (Å²) in [5.74, 6) is 1.11. The molecule has 4 rings (SSSR count). The molecule has 3 aromatic rings. The first kappa shape index (κ1) is 25.1. The third-order valence-electron chi connectivity index (χ3n) is 5.40. The number of carbonyl (C=O) groups excluding carboxylic acids is 1. The van der Waals surface area contributed by atoms with Crippen LogP contribution >= 0.6 is 23.4 Å². The van der Waals surface area contributed by atoms with Crippen molar-refractivity contribution in [1.29, 1.82) is 0 Å². The van der Waals surface area contributed by atoms with Crippen LogP contribution in [-0.4, -0.2) is 33.1 Å². The lowest BCUT2D eigenvalue weighted by Gasteiger charge is -2.28. The minimum absolute atomic E-state index is 0.00334. The molecule has 0 fully saturated rings. The van der Waals surface area contributed by atoms with Gasteiger partial charge in [0.2, 0.25) is 11.1 Å². The number of allylic oxidation sites excluding steroid dienone is 1. The van der Waals surface area contributed by atoms with E-state index in [0.717, 1.165) is 17.7 Å². The molecule has 1 aliphatic rings. The van der Waals surface area contributed by atoms with E-state index in [1.807, 2.05) is 32.9 Å². The van der Waals surface area contributed by atoms with E-state index in [4.69, 9.17) is 21.1 Å². The maximum Gasteiger partial charge on any atom is 0.338 e. The highest BCUT2D eigenvalue weighted by Gasteiger charge is 2.35. The quantitative estimate of drug-likeness (QED) is 0.276. The number of aromatic nitrogens is 3. The van der Waals surface area contributed by atoms with Gasteiger partial charge in [0.1, 0.15) is 24.2 Å². The van der Waals surface area contributed by atoms with Crippen molar-refractivity contribution in [3.8, 4) is 5.75 Å². The van der Waals surface area contributed by atoms with Gasteiger partial charge in [0.25, 0.3) is 0 Å². The smallest absolute Gasteiger partial charge is 0.338 e. The minimum Gasteiger partial charge on any atom is -0.489 e. The standard InChI is InChI=1S/C25H26ClFN4O3S/c1-4-13-33-23(32)21-15(3)28-24-29-25(35-5-2)30-31(24)22(21)16-9-11-17(12-10-16)34-14-18-19(26)7-6-8-20(18)27/h6-12,22H,4-5,13-14H2,1-3H3,(H,28,29,30). The van der Waals surface area contributed by atoms with Crippen LogP contribution in [0.15, 0.2) is 58.9 Å². The SMILES string of the molecule is CCCOC(=O)C1=C(C)Nc2nc(SCC)nn2C1c1ccc(OCc2c(F)cccc2Cl)cc1. The van der Waals surface area contributed by atoms with Gasteiger partial charge in [-0.3, -0.25) is 0 Å². The van der Waals surface area contributed by atoms with Gasteiger partial charge in [-0.2, -0.15) is 4.98 Å². The van der Waals surface area contributed by atoms with Crippen molar-refractivity contribution in [3.63, 3.8) is 0 Å². The zero-order valence-electron chi connectivity index (χ0n) is 19.7. The van der Waals surface area contributed by atoms with Crippen LogP contribution in [0.4, 0.5) is 10.3 Å². The highest BCUT2D eigenvalue weighted by molar-refractivity contribution is 7.99. The molecule has 0 saturated heterocycles. The van der Waals surface area contributed by atoms with E-state index in [1.54, 1.807) is 28.9 Å². The zero-order chi connectivity index (χ0) is 24.9. The van der Waals surface area contributed by atoms with Crippen molar-refractivity contribution in [3.05, 3.63) is 75.7 Å². The number of thioether (sulfide) groups is 1. The monoisotopic (exact) mass is 516 g/mol. The Morgan fingerprint density at radius 2 is 2.00 bits per heavy atom. The summed E-state index contributed by atoms with van der Waals surface area (Å²) in [6.45, 7) is 6.13. The molecule has 1 aromatic heterocycles. The lowest BCUT2D eigenvalue weighted by atomic mass is 9.96. The molecule has 1 unspecified atom stereocenters. The summed E-state index contributed by atoms with van der Waals surface area (Å²) in [5.41, 5.74) is 2.24. The number of rotatable bonds is 9. The van der Waals surface area contributed by atoms with Crippen molar-refractivity contribution >= 4 is 35.3 Å². The van der Waals surface area contributed by atoms with E-state index in [1.165, 1.54) is 17.8 Å². The molecule has 0 bridgehead atoms. The van der Waals surface area contributed by atoms with Crippen LogP contribution in [-0.2, 0) is 16.1 Å². The first-order valence-electron chi connectivity index (χ1n) is 11.3. The number of halogens is 2. The Morgan fingerprint density at radius 1 is 1.23 bits per heavy atom. The van der Waals surface area contributed by atoms with E-state index in [-0.39, 0.29) is 6.61 Å². The van der Waals surface area contributed by atoms with Crippen molar-refractivity contribution in [1.82, 2.24) is 14.8 Å². The molecule has 1 N–H and O–H groups in total. The predicted molar refractivity (Wildman–Crippen MR) is 134 cm³/mol. The first-order valence-corrected chi connectivity index (χ1v) is 12.7. The van der Waals surface area contributed by atoms with E-state index in [2.05, 4.69) is 15.4 Å². The Kier molecular flexibility index (Phi) is 7.97. The van der Waals surface area contributed by atoms with E-state index in [9.17, 15) is 9.18 Å². The number of ether oxygens (including phenoxy) is 2. The predicted octanol–water partition coefficient (Wildman–Crippen LogP) is 6.00. The van der Waals surface area contributed by atoms with Crippen LogP contribution in [0, 0.1) is 5.82 Å². The molecule has 2 aromatic carbocycles. The normalized spacial score (nSPS) is 14.9. The molecule has 1 aliphatic heterocycles. The second kappa shape index (κ2) is 11.1. The van der Waals surface area contributed by atoms with Gasteiger partial charge in [-0.25, -0.2) is 13.9 Å². The molecule has 1 atom stereocenters. The van der Waals surface area contributed by atoms with Crippen LogP contribution < -0.4 is 10.1 Å². The molecule has 0 radical (unpaired) electrons. The molecular formula is C25H26ClFN4O3S. The van der Waals surface area contributed by atoms with Gasteiger partial charge in [-0.15, -0.1) is 5.10 Å². The molecule has 2 heterocycles. The summed E-state index contributed by atoms with van der Waals surface area (Å²) in [7, 11) is 0. The average molecular weight is 517 g/mol. The fourth-order valence-corrected chi connectivity index (χ4v) is 4.51. The number of nitrogens with zero attached hydrogens (tertiary/aromatic N) is 3. The molecule has 10 heteroatoms. The Hall–Kier alpha value is -3.04. The Labute approximate surface area is 212 Å². The molecule has 0 spiro atoms. The van der Waals surface area contributed by atoms with Gasteiger partial charge in [0, 0.05) is 11.3 Å². The number of carbonyl (C=O) groups is 1. The summed E-state index contributed by atoms with van der Waals surface area (Å²) in [4.78, 5) is 17.6. The molecular weight excluding hydrogens is 491 g/mol. The van der Waals surface area contributed by atoms with Gasteiger partial charge in [-0.05, 0) is 48.9 Å². The van der Waals surface area contributed by atoms with Gasteiger partial charge in [0.05, 0.1) is 17.2 Å². The van der Waals surface area contributed by atoms with Crippen molar-refractivity contribution in [2.75, 3.05) is 17.7 Å². The summed E-state index contributed by atoms with van der Waals surface area (Å²) in [6, 6.07) is 11.3. The van der Waals surface area contributed by atoms with Crippen LogP contribution in [0.3, 0.4) is 0 Å². The second-order valence-electron chi connectivity index (χ2n) is 7.86. The topological polar surface area (TPSA) is 78.3 Å². The van der Waals surface area contributed by atoms with Gasteiger partial charge < -0.3 is 14.8 Å². The van der Waals surface area contributed by atoms with E-state index >= 15 is 0 Å². The number of hydrogen-bond acceptors (Lipinski definition) is 7. The third kappa shape index (κ3) is 5.46. The summed E-state index contributed by atoms with van der Waals surface area (Å²) < 4.78 is 27.0. The van der Waals surface area contributed by atoms with Crippen LogP contribution in [0.2, 0.25) is 5.02 Å². The Morgan fingerprint density at radius 3 is 2.69 bits per heavy atom. The Bertz CT molecular complexity index is 1230. The number of benzene rings is 2. The molecule has 0 saturated carbocycles. The van der Waals surface area contributed by atoms with E-state index in [0.29, 0.717) is 45.3 Å². The first-order chi connectivity index (χ1) is 16.9. The summed E-state index contributed by atoms with van der Waals surface area (Å²) in [6.07, 6.45) is 0.722. The highest BCUT2D eigenvalue weighted by atomic mass is 35.5. The number of fused-ring (bicyclic) bond motifs is 1. The molecule has 0 aliphatic carbocycles. The number of hydrogen-bond donors (Lipinski definition) is 1. The molecule has 7 nitrogen and oxygen atoms in total. The molecule has 35 heavy (non-hydrogen) atoms. The maximum absolute atomic E-state index is 14.1. The highest BCUT2D eigenvalue weighted by Crippen LogP contribution is 2.37. The Balaban J connectivity index is 1.63. The number of anilines is 1.